The molecule has 6 aromatic carbocycles. The first kappa shape index (κ1) is 30.3. The summed E-state index contributed by atoms with van der Waals surface area (Å²) in [5, 5.41) is 7.58. The van der Waals surface area contributed by atoms with Gasteiger partial charge in [-0.1, -0.05) is 165 Å². The van der Waals surface area contributed by atoms with Crippen LogP contribution in [0.15, 0.2) is 170 Å². The van der Waals surface area contributed by atoms with Gasteiger partial charge in [-0.25, -0.2) is 19.5 Å². The number of fused-ring (bicyclic) bond motifs is 3. The van der Waals surface area contributed by atoms with E-state index < -0.39 is 0 Å². The molecule has 9 aromatic rings. The lowest BCUT2D eigenvalue weighted by atomic mass is 9.95. The van der Waals surface area contributed by atoms with E-state index >= 15 is 0 Å². The molecule has 0 unspecified atom stereocenters. The zero-order valence-corrected chi connectivity index (χ0v) is 28.1. The van der Waals surface area contributed by atoms with Crippen molar-refractivity contribution >= 4 is 16.3 Å². The van der Waals surface area contributed by atoms with Crippen LogP contribution in [0.2, 0.25) is 0 Å². The predicted molar refractivity (Wildman–Crippen MR) is 208 cm³/mol. The number of benzene rings is 6. The Labute approximate surface area is 296 Å². The third-order valence-corrected chi connectivity index (χ3v) is 9.43. The van der Waals surface area contributed by atoms with E-state index in [0.29, 0.717) is 17.5 Å². The Balaban J connectivity index is 1.18. The quantitative estimate of drug-likeness (QED) is 0.171. The molecule has 0 aliphatic rings. The summed E-state index contributed by atoms with van der Waals surface area (Å²) in [5.74, 6) is 1.94. The lowest BCUT2D eigenvalue weighted by Crippen LogP contribution is -2.00. The van der Waals surface area contributed by atoms with E-state index in [1.165, 1.54) is 21.9 Å². The second-order valence-electron chi connectivity index (χ2n) is 12.6. The van der Waals surface area contributed by atoms with E-state index in [1.807, 2.05) is 60.7 Å². The number of nitrogens with zero attached hydrogens (tertiary/aromatic N) is 5. The highest BCUT2D eigenvalue weighted by atomic mass is 15.2. The van der Waals surface area contributed by atoms with Crippen molar-refractivity contribution in [1.82, 2.24) is 24.6 Å². The number of aryl methyl sites for hydroxylation is 1. The van der Waals surface area contributed by atoms with Crippen LogP contribution in [0, 0.1) is 0 Å². The minimum atomic E-state index is 0.641. The molecule has 0 atom stereocenters. The van der Waals surface area contributed by atoms with Crippen LogP contribution in [-0.2, 0) is 6.42 Å². The molecule has 0 fully saturated rings. The number of hydrogen-bond donors (Lipinski definition) is 0. The molecule has 0 amide bonds. The van der Waals surface area contributed by atoms with Gasteiger partial charge in [0.05, 0.1) is 16.9 Å². The first-order valence-electron chi connectivity index (χ1n) is 17.3. The molecular weight excluding hydrogens is 623 g/mol. The van der Waals surface area contributed by atoms with Crippen LogP contribution in [0.5, 0.6) is 0 Å². The van der Waals surface area contributed by atoms with Crippen molar-refractivity contribution in [3.8, 4) is 67.7 Å². The minimum absolute atomic E-state index is 0.641. The molecule has 0 saturated heterocycles. The lowest BCUT2D eigenvalue weighted by Gasteiger charge is -2.12. The Bertz CT molecular complexity index is 2580. The van der Waals surface area contributed by atoms with E-state index in [2.05, 4.69) is 121 Å². The maximum atomic E-state index is 5.24. The molecule has 0 aliphatic carbocycles. The van der Waals surface area contributed by atoms with Gasteiger partial charge < -0.3 is 0 Å². The zero-order chi connectivity index (χ0) is 34.1. The summed E-state index contributed by atoms with van der Waals surface area (Å²) in [5.41, 5.74) is 11.9. The molecule has 51 heavy (non-hydrogen) atoms. The SMILES string of the molecule is CCc1nn2c(-c3ccccc3)cc3ccc(-c4ccc(-c5nc(-c6ccccc6)nc(-c6ccccc6)n5)cc4)cc3c2c1-c1ccccc1. The predicted octanol–water partition coefficient (Wildman–Crippen LogP) is 11.2. The molecule has 3 aromatic heterocycles. The summed E-state index contributed by atoms with van der Waals surface area (Å²) in [6, 6.07) is 58.9. The molecule has 5 heteroatoms. The standard InChI is InChI=1S/C46H33N5/c1-2-40-42(33-17-9-4-10-18-33)43-39-29-37(27-28-38(39)30-41(51(43)50-40)32-15-7-3-8-16-32)31-23-25-36(26-24-31)46-48-44(34-19-11-5-12-20-34)47-45(49-46)35-21-13-6-14-22-35/h3-30H,2H2,1H3. The van der Waals surface area contributed by atoms with E-state index in [4.69, 9.17) is 20.1 Å². The van der Waals surface area contributed by atoms with Gasteiger partial charge in [-0.15, -0.1) is 0 Å². The smallest absolute Gasteiger partial charge is 0.164 e. The number of aromatic nitrogens is 5. The van der Waals surface area contributed by atoms with E-state index in [-0.39, 0.29) is 0 Å². The van der Waals surface area contributed by atoms with E-state index in [9.17, 15) is 0 Å². The monoisotopic (exact) mass is 655 g/mol. The zero-order valence-electron chi connectivity index (χ0n) is 28.1. The topological polar surface area (TPSA) is 56.0 Å². The average Bonchev–Trinajstić information content (AvgIpc) is 3.62. The van der Waals surface area contributed by atoms with E-state index in [1.54, 1.807) is 0 Å². The van der Waals surface area contributed by atoms with E-state index in [0.717, 1.165) is 56.7 Å². The van der Waals surface area contributed by atoms with Crippen LogP contribution < -0.4 is 0 Å². The molecule has 242 valence electrons. The molecule has 0 N–H and O–H groups in total. The second-order valence-corrected chi connectivity index (χ2v) is 12.6. The summed E-state index contributed by atoms with van der Waals surface area (Å²) in [4.78, 5) is 14.7. The Morgan fingerprint density at radius 2 is 0.882 bits per heavy atom. The van der Waals surface area contributed by atoms with Gasteiger partial charge in [0.15, 0.2) is 17.5 Å². The summed E-state index contributed by atoms with van der Waals surface area (Å²) in [6.45, 7) is 2.18. The third-order valence-electron chi connectivity index (χ3n) is 9.43. The number of rotatable bonds is 7. The number of pyridine rings is 1. The van der Waals surface area contributed by atoms with Gasteiger partial charge in [-0.05, 0) is 40.6 Å². The fraction of sp³-hybridized carbons (Fsp3) is 0.0435. The van der Waals surface area contributed by atoms with Crippen molar-refractivity contribution in [3.63, 3.8) is 0 Å². The highest BCUT2D eigenvalue weighted by Crippen LogP contribution is 2.39. The van der Waals surface area contributed by atoms with Crippen LogP contribution >= 0.6 is 0 Å². The Hall–Kier alpha value is -6.72. The molecule has 9 rings (SSSR count). The van der Waals surface area contributed by atoms with Gasteiger partial charge in [0.1, 0.15) is 0 Å². The van der Waals surface area contributed by atoms with Crippen LogP contribution in [0.4, 0.5) is 0 Å². The normalized spacial score (nSPS) is 11.3. The lowest BCUT2D eigenvalue weighted by molar-refractivity contribution is 0.907. The highest BCUT2D eigenvalue weighted by Gasteiger charge is 2.20. The van der Waals surface area contributed by atoms with Crippen molar-refractivity contribution < 1.29 is 0 Å². The Morgan fingerprint density at radius 1 is 0.431 bits per heavy atom. The molecule has 0 spiro atoms. The van der Waals surface area contributed by atoms with Crippen molar-refractivity contribution in [2.45, 2.75) is 13.3 Å². The van der Waals surface area contributed by atoms with Crippen molar-refractivity contribution in [2.24, 2.45) is 0 Å². The van der Waals surface area contributed by atoms with Gasteiger partial charge in [0.2, 0.25) is 0 Å². The molecule has 0 radical (unpaired) electrons. The molecular formula is C46H33N5. The Morgan fingerprint density at radius 3 is 1.41 bits per heavy atom. The highest BCUT2D eigenvalue weighted by molar-refractivity contribution is 6.07. The van der Waals surface area contributed by atoms with Gasteiger partial charge in [0.25, 0.3) is 0 Å². The fourth-order valence-corrected chi connectivity index (χ4v) is 6.88. The van der Waals surface area contributed by atoms with Crippen LogP contribution in [0.25, 0.3) is 84.0 Å². The first-order valence-corrected chi connectivity index (χ1v) is 17.3. The third kappa shape index (κ3) is 5.65. The van der Waals surface area contributed by atoms with Crippen molar-refractivity contribution in [3.05, 3.63) is 176 Å². The maximum Gasteiger partial charge on any atom is 0.164 e. The Kier molecular flexibility index (Phi) is 7.71. The summed E-state index contributed by atoms with van der Waals surface area (Å²) in [6.07, 6.45) is 0.831. The minimum Gasteiger partial charge on any atom is -0.232 e. The van der Waals surface area contributed by atoms with Crippen LogP contribution in [-0.4, -0.2) is 24.6 Å². The summed E-state index contributed by atoms with van der Waals surface area (Å²) < 4.78 is 2.15. The van der Waals surface area contributed by atoms with Crippen LogP contribution in [0.1, 0.15) is 12.6 Å². The van der Waals surface area contributed by atoms with Crippen LogP contribution in [0.3, 0.4) is 0 Å². The molecule has 3 heterocycles. The summed E-state index contributed by atoms with van der Waals surface area (Å²) in [7, 11) is 0. The average molecular weight is 656 g/mol. The molecule has 0 bridgehead atoms. The van der Waals surface area contributed by atoms with Crippen molar-refractivity contribution in [2.75, 3.05) is 0 Å². The fourth-order valence-electron chi connectivity index (χ4n) is 6.88. The van der Waals surface area contributed by atoms with Gasteiger partial charge >= 0.3 is 0 Å². The second kappa shape index (κ2) is 13.0. The summed E-state index contributed by atoms with van der Waals surface area (Å²) >= 11 is 0. The number of hydrogen-bond acceptors (Lipinski definition) is 4. The van der Waals surface area contributed by atoms with Gasteiger partial charge in [-0.2, -0.15) is 5.10 Å². The molecule has 0 saturated carbocycles. The first-order chi connectivity index (χ1) is 25.2. The maximum absolute atomic E-state index is 5.24. The largest absolute Gasteiger partial charge is 0.232 e. The van der Waals surface area contributed by atoms with Gasteiger partial charge in [0, 0.05) is 33.2 Å². The molecule has 5 nitrogen and oxygen atoms in total. The molecule has 0 aliphatic heterocycles. The van der Waals surface area contributed by atoms with Crippen molar-refractivity contribution in [1.29, 1.82) is 0 Å². The van der Waals surface area contributed by atoms with Gasteiger partial charge in [-0.3, -0.25) is 0 Å².